The highest BCUT2D eigenvalue weighted by Gasteiger charge is 2.25. The lowest BCUT2D eigenvalue weighted by molar-refractivity contribution is -0.115. The smallest absolute Gasteiger partial charge is 0.237 e. The van der Waals surface area contributed by atoms with E-state index in [0.29, 0.717) is 5.16 Å². The first-order valence-corrected chi connectivity index (χ1v) is 7.87. The zero-order valence-corrected chi connectivity index (χ0v) is 12.9. The Morgan fingerprint density at radius 3 is 2.67 bits per heavy atom. The quantitative estimate of drug-likeness (QED) is 0.866. The number of hydrogen-bond acceptors (Lipinski definition) is 4. The number of amides is 1. The second-order valence-corrected chi connectivity index (χ2v) is 6.39. The molecule has 4 nitrogen and oxygen atoms in total. The van der Waals surface area contributed by atoms with Crippen LogP contribution in [0.25, 0.3) is 0 Å². The van der Waals surface area contributed by atoms with Crippen molar-refractivity contribution in [2.75, 3.05) is 5.32 Å². The first kappa shape index (κ1) is 14.1. The van der Waals surface area contributed by atoms with Crippen molar-refractivity contribution < 1.29 is 4.79 Å². The van der Waals surface area contributed by atoms with E-state index in [1.807, 2.05) is 38.1 Å². The van der Waals surface area contributed by atoms with Gasteiger partial charge >= 0.3 is 0 Å². The summed E-state index contributed by atoms with van der Waals surface area (Å²) in [4.78, 5) is 21.2. The Morgan fingerprint density at radius 1 is 1.19 bits per heavy atom. The van der Waals surface area contributed by atoms with E-state index >= 15 is 0 Å². The van der Waals surface area contributed by atoms with E-state index < -0.39 is 0 Å². The lowest BCUT2D eigenvalue weighted by atomic mass is 10.1. The maximum Gasteiger partial charge on any atom is 0.237 e. The fourth-order valence-corrected chi connectivity index (χ4v) is 3.53. The van der Waals surface area contributed by atoms with Gasteiger partial charge in [0.05, 0.1) is 5.25 Å². The van der Waals surface area contributed by atoms with Crippen molar-refractivity contribution in [1.82, 2.24) is 9.97 Å². The van der Waals surface area contributed by atoms with Crippen LogP contribution in [0.3, 0.4) is 0 Å². The molecule has 0 aliphatic carbocycles. The number of nitrogens with zero attached hydrogens (tertiary/aromatic N) is 2. The highest BCUT2D eigenvalue weighted by Crippen LogP contribution is 2.30. The molecule has 0 radical (unpaired) electrons. The van der Waals surface area contributed by atoms with Gasteiger partial charge in [0.2, 0.25) is 5.91 Å². The van der Waals surface area contributed by atoms with Gasteiger partial charge in [-0.3, -0.25) is 4.79 Å². The van der Waals surface area contributed by atoms with Gasteiger partial charge in [-0.15, -0.1) is 0 Å². The van der Waals surface area contributed by atoms with Crippen LogP contribution in [0.5, 0.6) is 0 Å². The maximum atomic E-state index is 12.4. The van der Waals surface area contributed by atoms with Crippen molar-refractivity contribution in [3.05, 3.63) is 47.3 Å². The minimum Gasteiger partial charge on any atom is -0.325 e. The molecular formula is C16H17N3OS. The topological polar surface area (TPSA) is 54.9 Å². The van der Waals surface area contributed by atoms with E-state index in [-0.39, 0.29) is 11.2 Å². The van der Waals surface area contributed by atoms with E-state index in [9.17, 15) is 4.79 Å². The number of aryl methyl sites for hydroxylation is 3. The number of thioether (sulfide) groups is 1. The molecule has 21 heavy (non-hydrogen) atoms. The average molecular weight is 299 g/mol. The van der Waals surface area contributed by atoms with Crippen LogP contribution in [0.4, 0.5) is 5.69 Å². The van der Waals surface area contributed by atoms with Gasteiger partial charge < -0.3 is 5.32 Å². The molecule has 0 saturated carbocycles. The molecule has 2 heterocycles. The fraction of sp³-hybridized carbons (Fsp3) is 0.312. The van der Waals surface area contributed by atoms with Gasteiger partial charge in [-0.1, -0.05) is 30.0 Å². The molecule has 2 aromatic rings. The molecule has 1 aliphatic heterocycles. The van der Waals surface area contributed by atoms with Crippen molar-refractivity contribution in [3.8, 4) is 0 Å². The molecule has 1 N–H and O–H groups in total. The van der Waals surface area contributed by atoms with Gasteiger partial charge in [0.15, 0.2) is 5.16 Å². The summed E-state index contributed by atoms with van der Waals surface area (Å²) in [5.74, 6) is 0.0349. The molecule has 0 fully saturated rings. The Hall–Kier alpha value is -1.88. The highest BCUT2D eigenvalue weighted by molar-refractivity contribution is 8.00. The number of para-hydroxylation sites is 1. The number of aromatic nitrogens is 2. The normalized spacial score (nSPS) is 17.8. The lowest BCUT2D eigenvalue weighted by Gasteiger charge is -2.12. The molecule has 3 rings (SSSR count). The molecule has 0 unspecified atom stereocenters. The predicted octanol–water partition coefficient (Wildman–Crippen LogP) is 3.14. The van der Waals surface area contributed by atoms with Crippen molar-refractivity contribution in [1.29, 1.82) is 0 Å². The lowest BCUT2D eigenvalue weighted by Crippen LogP contribution is -2.23. The predicted molar refractivity (Wildman–Crippen MR) is 84.5 cm³/mol. The number of rotatable bonds is 2. The van der Waals surface area contributed by atoms with E-state index in [2.05, 4.69) is 21.4 Å². The Bertz CT molecular complexity index is 667. The molecule has 1 atom stereocenters. The Morgan fingerprint density at radius 2 is 1.90 bits per heavy atom. The summed E-state index contributed by atoms with van der Waals surface area (Å²) in [5.41, 5.74) is 3.98. The van der Waals surface area contributed by atoms with Crippen LogP contribution in [0, 0.1) is 13.8 Å². The largest absolute Gasteiger partial charge is 0.325 e. The van der Waals surface area contributed by atoms with Gasteiger partial charge in [0.1, 0.15) is 0 Å². The second kappa shape index (κ2) is 5.85. The van der Waals surface area contributed by atoms with Crippen LogP contribution in [-0.2, 0) is 11.2 Å². The number of anilines is 1. The van der Waals surface area contributed by atoms with Gasteiger partial charge in [0, 0.05) is 17.1 Å². The Balaban J connectivity index is 1.79. The summed E-state index contributed by atoms with van der Waals surface area (Å²) in [6, 6.07) is 9.90. The van der Waals surface area contributed by atoms with Crippen LogP contribution in [-0.4, -0.2) is 21.1 Å². The zero-order chi connectivity index (χ0) is 14.8. The summed E-state index contributed by atoms with van der Waals surface area (Å²) in [7, 11) is 0. The second-order valence-electron chi connectivity index (χ2n) is 5.22. The molecule has 0 spiro atoms. The Kier molecular flexibility index (Phi) is 3.92. The monoisotopic (exact) mass is 299 g/mol. The molecule has 1 amide bonds. The molecule has 1 aliphatic rings. The van der Waals surface area contributed by atoms with E-state index in [4.69, 9.17) is 0 Å². The molecule has 1 aromatic carbocycles. The average Bonchev–Trinajstić information content (AvgIpc) is 2.58. The molecule has 5 heteroatoms. The third kappa shape index (κ3) is 3.24. The van der Waals surface area contributed by atoms with Gasteiger partial charge in [0.25, 0.3) is 0 Å². The van der Waals surface area contributed by atoms with Crippen molar-refractivity contribution in [2.45, 2.75) is 37.1 Å². The third-order valence-corrected chi connectivity index (χ3v) is 4.58. The maximum absolute atomic E-state index is 12.4. The van der Waals surface area contributed by atoms with Gasteiger partial charge in [-0.2, -0.15) is 0 Å². The molecular weight excluding hydrogens is 282 g/mol. The number of carbonyl (C=O) groups excluding carboxylic acids is 1. The van der Waals surface area contributed by atoms with Crippen LogP contribution < -0.4 is 5.32 Å². The highest BCUT2D eigenvalue weighted by atomic mass is 32.2. The first-order chi connectivity index (χ1) is 10.1. The summed E-state index contributed by atoms with van der Waals surface area (Å²) >= 11 is 1.45. The number of fused-ring (bicyclic) bond motifs is 1. The van der Waals surface area contributed by atoms with Crippen LogP contribution in [0.15, 0.2) is 35.5 Å². The summed E-state index contributed by atoms with van der Waals surface area (Å²) in [5, 5.41) is 3.53. The fourth-order valence-electron chi connectivity index (χ4n) is 2.48. The standard InChI is InChI=1S/C16H17N3OS/c1-10-9-11(2)18-16(17-10)21-14-8-7-12-5-3-4-6-13(12)19-15(14)20/h3-6,9,14H,7-8H2,1-2H3,(H,19,20)/t14-/m1/s1. The molecule has 108 valence electrons. The number of nitrogens with one attached hydrogen (secondary N) is 1. The van der Waals surface area contributed by atoms with Crippen LogP contribution in [0.2, 0.25) is 0 Å². The van der Waals surface area contributed by atoms with E-state index in [1.54, 1.807) is 0 Å². The molecule has 0 saturated heterocycles. The van der Waals surface area contributed by atoms with Crippen molar-refractivity contribution >= 4 is 23.4 Å². The van der Waals surface area contributed by atoms with Crippen molar-refractivity contribution in [3.63, 3.8) is 0 Å². The minimum absolute atomic E-state index is 0.0349. The van der Waals surface area contributed by atoms with E-state index in [0.717, 1.165) is 29.9 Å². The third-order valence-electron chi connectivity index (χ3n) is 3.45. The Labute approximate surface area is 128 Å². The summed E-state index contributed by atoms with van der Waals surface area (Å²) < 4.78 is 0. The van der Waals surface area contributed by atoms with Crippen LogP contribution in [0.1, 0.15) is 23.4 Å². The van der Waals surface area contributed by atoms with Gasteiger partial charge in [-0.25, -0.2) is 9.97 Å². The summed E-state index contributed by atoms with van der Waals surface area (Å²) in [6.07, 6.45) is 1.68. The molecule has 1 aromatic heterocycles. The number of benzene rings is 1. The number of carbonyl (C=O) groups is 1. The van der Waals surface area contributed by atoms with E-state index in [1.165, 1.54) is 17.3 Å². The zero-order valence-electron chi connectivity index (χ0n) is 12.1. The first-order valence-electron chi connectivity index (χ1n) is 6.99. The molecule has 0 bridgehead atoms. The van der Waals surface area contributed by atoms with Gasteiger partial charge in [-0.05, 0) is 44.4 Å². The minimum atomic E-state index is -0.154. The SMILES string of the molecule is Cc1cc(C)nc(S[C@@H]2CCc3ccccc3NC2=O)n1. The number of hydrogen-bond donors (Lipinski definition) is 1. The summed E-state index contributed by atoms with van der Waals surface area (Å²) in [6.45, 7) is 3.89. The van der Waals surface area contributed by atoms with Crippen molar-refractivity contribution in [2.24, 2.45) is 0 Å². The van der Waals surface area contributed by atoms with Crippen LogP contribution >= 0.6 is 11.8 Å².